The highest BCUT2D eigenvalue weighted by Crippen LogP contribution is 2.15. The van der Waals surface area contributed by atoms with Gasteiger partial charge in [0.2, 0.25) is 0 Å². The molecule has 2 aromatic rings. The molecule has 0 fully saturated rings. The lowest BCUT2D eigenvalue weighted by atomic mass is 10.00. The molecule has 0 radical (unpaired) electrons. The number of carboxylic acids is 1. The first-order valence-corrected chi connectivity index (χ1v) is 6.70. The van der Waals surface area contributed by atoms with E-state index >= 15 is 0 Å². The fourth-order valence-electron chi connectivity index (χ4n) is 1.97. The molecule has 0 aliphatic rings. The Morgan fingerprint density at radius 3 is 2.10 bits per heavy atom. The molecule has 0 aromatic heterocycles. The normalized spacial score (nSPS) is 11.6. The van der Waals surface area contributed by atoms with Crippen molar-refractivity contribution in [3.05, 3.63) is 66.2 Å². The highest BCUT2D eigenvalue weighted by atomic mass is 16.5. The van der Waals surface area contributed by atoms with E-state index in [1.54, 1.807) is 30.3 Å². The molecule has 0 aliphatic carbocycles. The zero-order valence-electron chi connectivity index (χ0n) is 11.4. The van der Waals surface area contributed by atoms with Crippen LogP contribution in [0.2, 0.25) is 0 Å². The number of ether oxygens (including phenoxy) is 1. The third kappa shape index (κ3) is 4.45. The molecule has 1 N–H and O–H groups in total. The highest BCUT2D eigenvalue weighted by Gasteiger charge is 2.28. The summed E-state index contributed by atoms with van der Waals surface area (Å²) in [5.74, 6) is -2.70. The van der Waals surface area contributed by atoms with Crippen LogP contribution >= 0.6 is 0 Å². The number of esters is 1. The monoisotopic (exact) mass is 284 g/mol. The Labute approximate surface area is 123 Å². The molecular formula is C17H16O4. The molecule has 0 aliphatic heterocycles. The third-order valence-corrected chi connectivity index (χ3v) is 3.11. The van der Waals surface area contributed by atoms with Crippen LogP contribution in [0.4, 0.5) is 0 Å². The average Bonchev–Trinajstić information content (AvgIpc) is 2.49. The van der Waals surface area contributed by atoms with Crippen molar-refractivity contribution in [3.8, 4) is 5.75 Å². The van der Waals surface area contributed by atoms with E-state index in [1.165, 1.54) is 0 Å². The lowest BCUT2D eigenvalue weighted by Crippen LogP contribution is -2.28. The highest BCUT2D eigenvalue weighted by molar-refractivity contribution is 5.94. The van der Waals surface area contributed by atoms with Crippen molar-refractivity contribution in [2.75, 3.05) is 0 Å². The van der Waals surface area contributed by atoms with Gasteiger partial charge in [-0.1, -0.05) is 48.5 Å². The van der Waals surface area contributed by atoms with Crippen LogP contribution in [0.15, 0.2) is 60.7 Å². The molecule has 2 aromatic carbocycles. The first-order valence-electron chi connectivity index (χ1n) is 6.70. The van der Waals surface area contributed by atoms with E-state index < -0.39 is 17.9 Å². The van der Waals surface area contributed by atoms with Crippen LogP contribution < -0.4 is 4.74 Å². The molecule has 0 saturated carbocycles. The largest absolute Gasteiger partial charge is 0.481 e. The number of carbonyl (C=O) groups excluding carboxylic acids is 1. The minimum absolute atomic E-state index is 0.213. The molecule has 0 heterocycles. The quantitative estimate of drug-likeness (QED) is 0.503. The number of aryl methyl sites for hydroxylation is 1. The van der Waals surface area contributed by atoms with E-state index in [1.807, 2.05) is 30.3 Å². The molecule has 0 amide bonds. The van der Waals surface area contributed by atoms with Crippen molar-refractivity contribution in [1.29, 1.82) is 0 Å². The first kappa shape index (κ1) is 14.8. The van der Waals surface area contributed by atoms with Gasteiger partial charge >= 0.3 is 11.9 Å². The van der Waals surface area contributed by atoms with Crippen molar-refractivity contribution in [3.63, 3.8) is 0 Å². The fourth-order valence-corrected chi connectivity index (χ4v) is 1.97. The Morgan fingerprint density at radius 1 is 0.952 bits per heavy atom. The van der Waals surface area contributed by atoms with E-state index in [-0.39, 0.29) is 6.42 Å². The summed E-state index contributed by atoms with van der Waals surface area (Å²) in [5, 5.41) is 9.20. The van der Waals surface area contributed by atoms with Crippen LogP contribution in [0.1, 0.15) is 12.0 Å². The molecule has 108 valence electrons. The van der Waals surface area contributed by atoms with Gasteiger partial charge in [-0.2, -0.15) is 0 Å². The number of carbonyl (C=O) groups is 2. The maximum Gasteiger partial charge on any atom is 0.325 e. The van der Waals surface area contributed by atoms with Crippen molar-refractivity contribution in [2.24, 2.45) is 5.92 Å². The Kier molecular flexibility index (Phi) is 5.10. The zero-order chi connectivity index (χ0) is 15.1. The molecule has 4 nitrogen and oxygen atoms in total. The number of rotatable bonds is 6. The van der Waals surface area contributed by atoms with Crippen LogP contribution in [-0.2, 0) is 16.0 Å². The van der Waals surface area contributed by atoms with Crippen LogP contribution in [0.5, 0.6) is 5.75 Å². The predicted octanol–water partition coefficient (Wildman–Crippen LogP) is 2.93. The van der Waals surface area contributed by atoms with Gasteiger partial charge in [0.25, 0.3) is 0 Å². The SMILES string of the molecule is O=C(O)C(CCc1ccccc1)C(=O)Oc1ccccc1. The van der Waals surface area contributed by atoms with Crippen LogP contribution in [-0.4, -0.2) is 17.0 Å². The zero-order valence-corrected chi connectivity index (χ0v) is 11.4. The summed E-state index contributed by atoms with van der Waals surface area (Å²) in [4.78, 5) is 23.2. The standard InChI is InChI=1S/C17H16O4/c18-16(19)15(12-11-13-7-3-1-4-8-13)17(20)21-14-9-5-2-6-10-14/h1-10,15H,11-12H2,(H,18,19). The second-order valence-corrected chi connectivity index (χ2v) is 4.65. The summed E-state index contributed by atoms with van der Waals surface area (Å²) >= 11 is 0. The van der Waals surface area contributed by atoms with Gasteiger partial charge in [-0.3, -0.25) is 9.59 Å². The Balaban J connectivity index is 1.98. The fraction of sp³-hybridized carbons (Fsp3) is 0.176. The lowest BCUT2D eigenvalue weighted by Gasteiger charge is -2.11. The smallest absolute Gasteiger partial charge is 0.325 e. The van der Waals surface area contributed by atoms with E-state index in [4.69, 9.17) is 4.74 Å². The molecule has 2 rings (SSSR count). The number of aliphatic carboxylic acids is 1. The lowest BCUT2D eigenvalue weighted by molar-refractivity contribution is -0.153. The Hall–Kier alpha value is -2.62. The van der Waals surface area contributed by atoms with Crippen LogP contribution in [0.3, 0.4) is 0 Å². The van der Waals surface area contributed by atoms with Gasteiger partial charge in [0.15, 0.2) is 5.92 Å². The molecular weight excluding hydrogens is 268 g/mol. The third-order valence-electron chi connectivity index (χ3n) is 3.11. The molecule has 0 bridgehead atoms. The van der Waals surface area contributed by atoms with Gasteiger partial charge in [-0.25, -0.2) is 0 Å². The van der Waals surface area contributed by atoms with Gasteiger partial charge in [0.05, 0.1) is 0 Å². The number of hydrogen-bond donors (Lipinski definition) is 1. The maximum atomic E-state index is 12.0. The summed E-state index contributed by atoms with van der Waals surface area (Å²) in [5.41, 5.74) is 0.997. The summed E-state index contributed by atoms with van der Waals surface area (Å²) in [6.45, 7) is 0. The number of hydrogen-bond acceptors (Lipinski definition) is 3. The molecule has 21 heavy (non-hydrogen) atoms. The second kappa shape index (κ2) is 7.24. The Morgan fingerprint density at radius 2 is 1.52 bits per heavy atom. The minimum Gasteiger partial charge on any atom is -0.481 e. The van der Waals surface area contributed by atoms with Gasteiger partial charge in [-0.15, -0.1) is 0 Å². The van der Waals surface area contributed by atoms with Gasteiger partial charge < -0.3 is 9.84 Å². The number of benzene rings is 2. The van der Waals surface area contributed by atoms with E-state index in [0.29, 0.717) is 12.2 Å². The minimum atomic E-state index is -1.16. The van der Waals surface area contributed by atoms with Gasteiger partial charge in [0, 0.05) is 0 Å². The first-order chi connectivity index (χ1) is 10.2. The van der Waals surface area contributed by atoms with Gasteiger partial charge in [0.1, 0.15) is 5.75 Å². The Bertz CT molecular complexity index is 593. The molecule has 0 spiro atoms. The van der Waals surface area contributed by atoms with Crippen molar-refractivity contribution >= 4 is 11.9 Å². The predicted molar refractivity (Wildman–Crippen MR) is 78.0 cm³/mol. The molecule has 1 unspecified atom stereocenters. The summed E-state index contributed by atoms with van der Waals surface area (Å²) < 4.78 is 5.11. The van der Waals surface area contributed by atoms with Crippen molar-refractivity contribution < 1.29 is 19.4 Å². The second-order valence-electron chi connectivity index (χ2n) is 4.65. The summed E-state index contributed by atoms with van der Waals surface area (Å²) in [6, 6.07) is 17.9. The topological polar surface area (TPSA) is 63.6 Å². The molecule has 1 atom stereocenters. The number of para-hydroxylation sites is 1. The van der Waals surface area contributed by atoms with E-state index in [2.05, 4.69) is 0 Å². The van der Waals surface area contributed by atoms with Crippen molar-refractivity contribution in [1.82, 2.24) is 0 Å². The van der Waals surface area contributed by atoms with Gasteiger partial charge in [-0.05, 0) is 30.5 Å². The molecule has 4 heteroatoms. The maximum absolute atomic E-state index is 12.0. The van der Waals surface area contributed by atoms with Crippen molar-refractivity contribution in [2.45, 2.75) is 12.8 Å². The summed E-state index contributed by atoms with van der Waals surface area (Å²) in [6.07, 6.45) is 0.729. The molecule has 0 saturated heterocycles. The number of carboxylic acid groups (broad SMARTS) is 1. The van der Waals surface area contributed by atoms with Crippen LogP contribution in [0.25, 0.3) is 0 Å². The summed E-state index contributed by atoms with van der Waals surface area (Å²) in [7, 11) is 0. The van der Waals surface area contributed by atoms with E-state index in [0.717, 1.165) is 5.56 Å². The average molecular weight is 284 g/mol. The van der Waals surface area contributed by atoms with Crippen LogP contribution in [0, 0.1) is 5.92 Å². The van der Waals surface area contributed by atoms with E-state index in [9.17, 15) is 14.7 Å².